The molecule has 1 N–H and O–H groups in total. The molecule has 1 aromatic rings. The van der Waals surface area contributed by atoms with Gasteiger partial charge in [0.1, 0.15) is 5.75 Å². The molecule has 1 aromatic carbocycles. The highest BCUT2D eigenvalue weighted by molar-refractivity contribution is 6.30. The minimum absolute atomic E-state index is 0.266. The molecule has 0 radical (unpaired) electrons. The maximum absolute atomic E-state index is 6.11. The molecular formula is C14H20ClNO2. The monoisotopic (exact) mass is 269 g/mol. The van der Waals surface area contributed by atoms with Crippen LogP contribution in [0, 0.1) is 5.92 Å². The lowest BCUT2D eigenvalue weighted by Crippen LogP contribution is -2.30. The molecule has 1 atom stereocenters. The average Bonchev–Trinajstić information content (AvgIpc) is 2.41. The molecule has 1 saturated heterocycles. The molecule has 0 amide bonds. The van der Waals surface area contributed by atoms with Gasteiger partial charge in [0.25, 0.3) is 0 Å². The number of rotatable bonds is 4. The van der Waals surface area contributed by atoms with Crippen LogP contribution in [0.3, 0.4) is 0 Å². The van der Waals surface area contributed by atoms with Crippen LogP contribution in [0.1, 0.15) is 24.4 Å². The van der Waals surface area contributed by atoms with Crippen LogP contribution in [0.2, 0.25) is 5.02 Å². The van der Waals surface area contributed by atoms with Gasteiger partial charge in [-0.3, -0.25) is 0 Å². The van der Waals surface area contributed by atoms with E-state index in [1.54, 1.807) is 7.11 Å². The van der Waals surface area contributed by atoms with Crippen molar-refractivity contribution in [1.29, 1.82) is 0 Å². The number of hydrogen-bond acceptors (Lipinski definition) is 3. The first kappa shape index (κ1) is 13.7. The summed E-state index contributed by atoms with van der Waals surface area (Å²) >= 11 is 6.11. The molecule has 100 valence electrons. The van der Waals surface area contributed by atoms with Gasteiger partial charge in [0.05, 0.1) is 7.11 Å². The molecule has 1 aliphatic rings. The fraction of sp³-hybridized carbons (Fsp3) is 0.571. The van der Waals surface area contributed by atoms with Crippen LogP contribution in [0.25, 0.3) is 0 Å². The van der Waals surface area contributed by atoms with Gasteiger partial charge in [-0.15, -0.1) is 0 Å². The molecule has 3 nitrogen and oxygen atoms in total. The van der Waals surface area contributed by atoms with Crippen molar-refractivity contribution in [3.05, 3.63) is 28.8 Å². The van der Waals surface area contributed by atoms with Crippen molar-refractivity contribution in [1.82, 2.24) is 5.32 Å². The molecule has 0 aromatic heterocycles. The van der Waals surface area contributed by atoms with Crippen LogP contribution in [0.15, 0.2) is 18.2 Å². The molecule has 1 unspecified atom stereocenters. The highest BCUT2D eigenvalue weighted by Gasteiger charge is 2.26. The van der Waals surface area contributed by atoms with E-state index in [-0.39, 0.29) is 6.04 Å². The average molecular weight is 270 g/mol. The summed E-state index contributed by atoms with van der Waals surface area (Å²) in [6, 6.07) is 6.06. The van der Waals surface area contributed by atoms with E-state index in [4.69, 9.17) is 21.1 Å². The molecule has 0 spiro atoms. The van der Waals surface area contributed by atoms with Gasteiger partial charge in [0.2, 0.25) is 0 Å². The van der Waals surface area contributed by atoms with Gasteiger partial charge in [0.15, 0.2) is 0 Å². The summed E-state index contributed by atoms with van der Waals surface area (Å²) in [5, 5.41) is 4.14. The second-order valence-corrected chi connectivity index (χ2v) is 5.04. The van der Waals surface area contributed by atoms with Crippen LogP contribution >= 0.6 is 11.6 Å². The summed E-state index contributed by atoms with van der Waals surface area (Å²) in [5.74, 6) is 1.46. The van der Waals surface area contributed by atoms with Gasteiger partial charge >= 0.3 is 0 Å². The molecule has 0 aliphatic carbocycles. The molecule has 1 fully saturated rings. The second-order valence-electron chi connectivity index (χ2n) is 4.60. The van der Waals surface area contributed by atoms with E-state index >= 15 is 0 Å². The molecule has 1 aliphatic heterocycles. The lowest BCUT2D eigenvalue weighted by molar-refractivity contribution is 0.0543. The Bertz CT molecular complexity index is 391. The van der Waals surface area contributed by atoms with Crippen molar-refractivity contribution in [2.75, 3.05) is 27.4 Å². The predicted molar refractivity (Wildman–Crippen MR) is 73.3 cm³/mol. The Balaban J connectivity index is 2.27. The Morgan fingerprint density at radius 2 is 2.11 bits per heavy atom. The van der Waals surface area contributed by atoms with E-state index in [0.29, 0.717) is 5.92 Å². The minimum atomic E-state index is 0.266. The van der Waals surface area contributed by atoms with Gasteiger partial charge < -0.3 is 14.8 Å². The third-order valence-electron chi connectivity index (χ3n) is 3.58. The van der Waals surface area contributed by atoms with Crippen molar-refractivity contribution < 1.29 is 9.47 Å². The van der Waals surface area contributed by atoms with Crippen LogP contribution in [-0.2, 0) is 4.74 Å². The first-order valence-corrected chi connectivity index (χ1v) is 6.72. The maximum atomic E-state index is 6.11. The van der Waals surface area contributed by atoms with Crippen molar-refractivity contribution >= 4 is 11.6 Å². The lowest BCUT2D eigenvalue weighted by atomic mass is 9.87. The number of halogens is 1. The van der Waals surface area contributed by atoms with Gasteiger partial charge in [-0.05, 0) is 44.0 Å². The van der Waals surface area contributed by atoms with Gasteiger partial charge in [0, 0.05) is 29.8 Å². The molecule has 18 heavy (non-hydrogen) atoms. The lowest BCUT2D eigenvalue weighted by Gasteiger charge is -2.31. The summed E-state index contributed by atoms with van der Waals surface area (Å²) in [6.07, 6.45) is 2.14. The molecule has 2 rings (SSSR count). The Kier molecular flexibility index (Phi) is 4.87. The van der Waals surface area contributed by atoms with E-state index in [1.165, 1.54) is 0 Å². The first-order valence-electron chi connectivity index (χ1n) is 6.34. The molecule has 4 heteroatoms. The zero-order valence-electron chi connectivity index (χ0n) is 10.9. The van der Waals surface area contributed by atoms with Crippen LogP contribution in [0.5, 0.6) is 5.75 Å². The minimum Gasteiger partial charge on any atom is -0.496 e. The van der Waals surface area contributed by atoms with E-state index in [1.807, 2.05) is 25.2 Å². The molecular weight excluding hydrogens is 250 g/mol. The normalized spacial score (nSPS) is 18.6. The standard InChI is InChI=1S/C14H20ClNO2/c1-16-14(10-5-7-18-8-6-10)12-9-11(15)3-4-13(12)17-2/h3-4,9-10,14,16H,5-8H2,1-2H3. The third-order valence-corrected chi connectivity index (χ3v) is 3.81. The first-order chi connectivity index (χ1) is 8.76. The summed E-state index contributed by atoms with van der Waals surface area (Å²) in [6.45, 7) is 1.68. The van der Waals surface area contributed by atoms with Crippen molar-refractivity contribution in [2.45, 2.75) is 18.9 Å². The number of nitrogens with one attached hydrogen (secondary N) is 1. The zero-order chi connectivity index (χ0) is 13.0. The van der Waals surface area contributed by atoms with Crippen molar-refractivity contribution in [3.63, 3.8) is 0 Å². The maximum Gasteiger partial charge on any atom is 0.123 e. The van der Waals surface area contributed by atoms with Crippen molar-refractivity contribution in [3.8, 4) is 5.75 Å². The fourth-order valence-corrected chi connectivity index (χ4v) is 2.82. The van der Waals surface area contributed by atoms with E-state index in [9.17, 15) is 0 Å². The Morgan fingerprint density at radius 1 is 1.39 bits per heavy atom. The van der Waals surface area contributed by atoms with Crippen LogP contribution < -0.4 is 10.1 Å². The van der Waals surface area contributed by atoms with Gasteiger partial charge in [-0.2, -0.15) is 0 Å². The van der Waals surface area contributed by atoms with Crippen molar-refractivity contribution in [2.24, 2.45) is 5.92 Å². The summed E-state index contributed by atoms with van der Waals surface area (Å²) < 4.78 is 10.9. The van der Waals surface area contributed by atoms with Crippen LogP contribution in [0.4, 0.5) is 0 Å². The number of ether oxygens (including phenoxy) is 2. The summed E-state index contributed by atoms with van der Waals surface area (Å²) in [7, 11) is 3.68. The van der Waals surface area contributed by atoms with E-state index in [0.717, 1.165) is 42.4 Å². The van der Waals surface area contributed by atoms with E-state index in [2.05, 4.69) is 5.32 Å². The van der Waals surface area contributed by atoms with Crippen LogP contribution in [-0.4, -0.2) is 27.4 Å². The Labute approximate surface area is 113 Å². The largest absolute Gasteiger partial charge is 0.496 e. The van der Waals surface area contributed by atoms with E-state index < -0.39 is 0 Å². The number of methoxy groups -OCH3 is 1. The second kappa shape index (κ2) is 6.41. The smallest absolute Gasteiger partial charge is 0.123 e. The van der Waals surface area contributed by atoms with Gasteiger partial charge in [-0.1, -0.05) is 11.6 Å². The SMILES string of the molecule is CNC(c1cc(Cl)ccc1OC)C1CCOCC1. The molecule has 0 saturated carbocycles. The van der Waals surface area contributed by atoms with Gasteiger partial charge in [-0.25, -0.2) is 0 Å². The highest BCUT2D eigenvalue weighted by atomic mass is 35.5. The molecule has 1 heterocycles. The highest BCUT2D eigenvalue weighted by Crippen LogP contribution is 2.36. The quantitative estimate of drug-likeness (QED) is 0.911. The number of benzene rings is 1. The Hall–Kier alpha value is -0.770. The number of hydrogen-bond donors (Lipinski definition) is 1. The Morgan fingerprint density at radius 3 is 2.72 bits per heavy atom. The summed E-state index contributed by atoms with van der Waals surface area (Å²) in [5.41, 5.74) is 1.14. The molecule has 0 bridgehead atoms. The summed E-state index contributed by atoms with van der Waals surface area (Å²) in [4.78, 5) is 0. The topological polar surface area (TPSA) is 30.5 Å². The predicted octanol–water partition coefficient (Wildman–Crippen LogP) is 3.04. The third kappa shape index (κ3) is 2.97. The fourth-order valence-electron chi connectivity index (χ4n) is 2.64. The zero-order valence-corrected chi connectivity index (χ0v) is 11.7.